The van der Waals surface area contributed by atoms with E-state index in [0.717, 1.165) is 24.3 Å². The van der Waals surface area contributed by atoms with Crippen LogP contribution in [0.1, 0.15) is 39.5 Å². The molecule has 1 N–H and O–H groups in total. The van der Waals surface area contributed by atoms with E-state index in [4.69, 9.17) is 0 Å². The molecule has 0 radical (unpaired) electrons. The van der Waals surface area contributed by atoms with E-state index in [1.165, 1.54) is 17.7 Å². The van der Waals surface area contributed by atoms with Crippen LogP contribution in [0, 0.1) is 0 Å². The fraction of sp³-hybridized carbons (Fsp3) is 0.625. The molecule has 1 aromatic carbocycles. The Labute approximate surface area is 126 Å². The summed E-state index contributed by atoms with van der Waals surface area (Å²) in [7, 11) is 0. The Morgan fingerprint density at radius 2 is 1.84 bits per heavy atom. The highest BCUT2D eigenvalue weighted by atomic mass is 32.2. The van der Waals surface area contributed by atoms with Gasteiger partial charge in [0.2, 0.25) is 0 Å². The molecule has 19 heavy (non-hydrogen) atoms. The molecule has 0 aliphatic carbocycles. The quantitative estimate of drug-likeness (QED) is 0.493. The van der Waals surface area contributed by atoms with Gasteiger partial charge in [0.15, 0.2) is 0 Å². The monoisotopic (exact) mass is 298 g/mol. The van der Waals surface area contributed by atoms with Crippen molar-refractivity contribution in [2.24, 2.45) is 0 Å². The fourth-order valence-corrected chi connectivity index (χ4v) is 4.46. The Balaban J connectivity index is 2.43. The first-order valence-electron chi connectivity index (χ1n) is 7.25. The number of aliphatic hydroxyl groups excluding tert-OH is 1. The van der Waals surface area contributed by atoms with Crippen molar-refractivity contribution in [3.63, 3.8) is 0 Å². The number of benzene rings is 1. The van der Waals surface area contributed by atoms with E-state index in [2.05, 4.69) is 38.1 Å². The Hall–Kier alpha value is -0.120. The molecule has 0 saturated carbocycles. The third-order valence-electron chi connectivity index (χ3n) is 3.00. The van der Waals surface area contributed by atoms with Crippen molar-refractivity contribution in [1.29, 1.82) is 0 Å². The molecule has 0 aromatic heterocycles. The van der Waals surface area contributed by atoms with Crippen LogP contribution in [0.2, 0.25) is 0 Å². The van der Waals surface area contributed by atoms with Gasteiger partial charge in [-0.2, -0.15) is 11.8 Å². The molecule has 0 heterocycles. The normalized spacial score (nSPS) is 14.3. The summed E-state index contributed by atoms with van der Waals surface area (Å²) < 4.78 is 0. The van der Waals surface area contributed by atoms with Crippen molar-refractivity contribution in [2.75, 3.05) is 11.5 Å². The lowest BCUT2D eigenvalue weighted by Gasteiger charge is -2.22. The van der Waals surface area contributed by atoms with Crippen LogP contribution in [0.3, 0.4) is 0 Å². The molecule has 1 rings (SSSR count). The van der Waals surface area contributed by atoms with Crippen molar-refractivity contribution >= 4 is 23.5 Å². The highest BCUT2D eigenvalue weighted by Crippen LogP contribution is 2.27. The van der Waals surface area contributed by atoms with E-state index >= 15 is 0 Å². The first-order valence-corrected chi connectivity index (χ1v) is 9.28. The van der Waals surface area contributed by atoms with Gasteiger partial charge >= 0.3 is 0 Å². The van der Waals surface area contributed by atoms with Crippen molar-refractivity contribution in [3.8, 4) is 0 Å². The van der Waals surface area contributed by atoms with Gasteiger partial charge in [-0.05, 0) is 30.7 Å². The van der Waals surface area contributed by atoms with Crippen LogP contribution in [0.15, 0.2) is 35.2 Å². The molecule has 1 nitrogen and oxygen atoms in total. The molecule has 108 valence electrons. The van der Waals surface area contributed by atoms with Gasteiger partial charge in [-0.15, -0.1) is 11.8 Å². The summed E-state index contributed by atoms with van der Waals surface area (Å²) in [6.07, 6.45) is 4.29. The highest BCUT2D eigenvalue weighted by molar-refractivity contribution is 8.03. The smallest absolute Gasteiger partial charge is 0.0666 e. The van der Waals surface area contributed by atoms with Gasteiger partial charge in [-0.25, -0.2) is 0 Å². The molecule has 0 bridgehead atoms. The average Bonchev–Trinajstić information content (AvgIpc) is 2.44. The summed E-state index contributed by atoms with van der Waals surface area (Å²) in [5.74, 6) is 2.16. The number of unbranched alkanes of at least 4 members (excludes halogenated alkanes) is 1. The lowest BCUT2D eigenvalue weighted by molar-refractivity contribution is 0.166. The predicted molar refractivity (Wildman–Crippen MR) is 89.2 cm³/mol. The topological polar surface area (TPSA) is 20.2 Å². The first-order chi connectivity index (χ1) is 9.27. The largest absolute Gasteiger partial charge is 0.392 e. The Morgan fingerprint density at radius 1 is 1.11 bits per heavy atom. The van der Waals surface area contributed by atoms with E-state index in [1.807, 2.05) is 29.6 Å². The van der Waals surface area contributed by atoms with Gasteiger partial charge in [-0.1, -0.05) is 44.9 Å². The number of aliphatic hydroxyl groups is 1. The zero-order chi connectivity index (χ0) is 13.9. The standard InChI is InChI=1S/C16H26OS2/c1-3-5-12-18-16(15(17)9-4-2)13-19-14-10-7-6-8-11-14/h6-8,10-11,15-17H,3-5,9,12-13H2,1-2H3/t15-,16-/m1/s1. The van der Waals surface area contributed by atoms with Gasteiger partial charge < -0.3 is 5.11 Å². The molecule has 0 aliphatic heterocycles. The molecule has 2 atom stereocenters. The maximum absolute atomic E-state index is 10.3. The molecular weight excluding hydrogens is 272 g/mol. The SMILES string of the molecule is CCCCS[C@H](CSc1ccccc1)[C@H](O)CCC. The van der Waals surface area contributed by atoms with Crippen molar-refractivity contribution in [3.05, 3.63) is 30.3 Å². The lowest BCUT2D eigenvalue weighted by Crippen LogP contribution is -2.25. The van der Waals surface area contributed by atoms with Crippen LogP contribution in [0.25, 0.3) is 0 Å². The molecule has 0 saturated heterocycles. The number of hydrogen-bond acceptors (Lipinski definition) is 3. The van der Waals surface area contributed by atoms with Crippen LogP contribution >= 0.6 is 23.5 Å². The third kappa shape index (κ3) is 7.28. The van der Waals surface area contributed by atoms with Crippen molar-refractivity contribution < 1.29 is 5.11 Å². The first kappa shape index (κ1) is 16.9. The molecular formula is C16H26OS2. The van der Waals surface area contributed by atoms with E-state index in [9.17, 15) is 5.11 Å². The van der Waals surface area contributed by atoms with Gasteiger partial charge in [0.05, 0.1) is 6.10 Å². The summed E-state index contributed by atoms with van der Waals surface area (Å²) in [6.45, 7) is 4.36. The van der Waals surface area contributed by atoms with Crippen LogP contribution in [0.4, 0.5) is 0 Å². The van der Waals surface area contributed by atoms with Crippen LogP contribution in [-0.2, 0) is 0 Å². The van der Waals surface area contributed by atoms with Gasteiger partial charge in [0, 0.05) is 15.9 Å². The fourth-order valence-electron chi connectivity index (χ4n) is 1.83. The highest BCUT2D eigenvalue weighted by Gasteiger charge is 2.18. The molecule has 0 amide bonds. The number of hydrogen-bond donors (Lipinski definition) is 1. The Kier molecular flexibility index (Phi) is 9.48. The zero-order valence-corrected chi connectivity index (χ0v) is 13.7. The Morgan fingerprint density at radius 3 is 2.47 bits per heavy atom. The summed E-state index contributed by atoms with van der Waals surface area (Å²) in [5.41, 5.74) is 0. The lowest BCUT2D eigenvalue weighted by atomic mass is 10.1. The van der Waals surface area contributed by atoms with Crippen molar-refractivity contribution in [2.45, 2.75) is 55.8 Å². The average molecular weight is 299 g/mol. The molecule has 3 heteroatoms. The summed E-state index contributed by atoms with van der Waals surface area (Å²) in [5, 5.41) is 10.6. The van der Waals surface area contributed by atoms with E-state index < -0.39 is 0 Å². The van der Waals surface area contributed by atoms with Crippen molar-refractivity contribution in [1.82, 2.24) is 0 Å². The van der Waals surface area contributed by atoms with E-state index in [0.29, 0.717) is 5.25 Å². The molecule has 1 aromatic rings. The summed E-state index contributed by atoms with van der Waals surface area (Å²) in [4.78, 5) is 1.30. The maximum atomic E-state index is 10.3. The predicted octanol–water partition coefficient (Wildman–Crippen LogP) is 4.84. The molecule has 0 spiro atoms. The van der Waals surface area contributed by atoms with Gasteiger partial charge in [-0.3, -0.25) is 0 Å². The van der Waals surface area contributed by atoms with Gasteiger partial charge in [0.1, 0.15) is 0 Å². The number of thioether (sulfide) groups is 2. The van der Waals surface area contributed by atoms with E-state index in [1.54, 1.807) is 0 Å². The second-order valence-electron chi connectivity index (χ2n) is 4.74. The van der Waals surface area contributed by atoms with Crippen LogP contribution in [-0.4, -0.2) is 28.0 Å². The minimum Gasteiger partial charge on any atom is -0.392 e. The second kappa shape index (κ2) is 10.6. The Bertz CT molecular complexity index is 316. The summed E-state index contributed by atoms with van der Waals surface area (Å²) in [6, 6.07) is 10.5. The van der Waals surface area contributed by atoms with Gasteiger partial charge in [0.25, 0.3) is 0 Å². The zero-order valence-electron chi connectivity index (χ0n) is 12.0. The molecule has 0 fully saturated rings. The third-order valence-corrected chi connectivity index (χ3v) is 5.78. The number of rotatable bonds is 10. The van der Waals surface area contributed by atoms with E-state index in [-0.39, 0.29) is 6.10 Å². The minimum atomic E-state index is -0.164. The van der Waals surface area contributed by atoms with Crippen LogP contribution in [0.5, 0.6) is 0 Å². The second-order valence-corrected chi connectivity index (χ2v) is 7.18. The summed E-state index contributed by atoms with van der Waals surface area (Å²) >= 11 is 3.80. The maximum Gasteiger partial charge on any atom is 0.0666 e. The minimum absolute atomic E-state index is 0.164. The molecule has 0 aliphatic rings. The molecule has 0 unspecified atom stereocenters. The van der Waals surface area contributed by atoms with Crippen LogP contribution < -0.4 is 0 Å².